The first-order chi connectivity index (χ1) is 14.4. The standard InChI is InChI=1S/C25H25NO4/c1-25(2,19-7-5-4-6-8-19)20-11-15-22(16-12-20)30-17-23(27)26-21-13-9-18(10-14-21)24(28)29-3/h4-16H,17H2,1-3H3,(H,26,27). The first-order valence-corrected chi connectivity index (χ1v) is 9.67. The number of benzene rings is 3. The number of hydrogen-bond acceptors (Lipinski definition) is 4. The highest BCUT2D eigenvalue weighted by Gasteiger charge is 2.22. The maximum absolute atomic E-state index is 12.1. The predicted molar refractivity (Wildman–Crippen MR) is 117 cm³/mol. The Hall–Kier alpha value is -3.60. The van der Waals surface area contributed by atoms with Crippen molar-refractivity contribution in [1.29, 1.82) is 0 Å². The second-order valence-electron chi connectivity index (χ2n) is 7.42. The molecule has 0 heterocycles. The van der Waals surface area contributed by atoms with Crippen molar-refractivity contribution < 1.29 is 19.1 Å². The van der Waals surface area contributed by atoms with Crippen LogP contribution < -0.4 is 10.1 Å². The summed E-state index contributed by atoms with van der Waals surface area (Å²) in [6.07, 6.45) is 0. The molecule has 0 aromatic heterocycles. The molecule has 0 bridgehead atoms. The highest BCUT2D eigenvalue weighted by Crippen LogP contribution is 2.32. The van der Waals surface area contributed by atoms with Gasteiger partial charge in [0, 0.05) is 11.1 Å². The molecule has 0 spiro atoms. The maximum Gasteiger partial charge on any atom is 0.337 e. The van der Waals surface area contributed by atoms with Crippen LogP contribution in [0.2, 0.25) is 0 Å². The Morgan fingerprint density at radius 3 is 2.03 bits per heavy atom. The van der Waals surface area contributed by atoms with Crippen molar-refractivity contribution in [2.75, 3.05) is 19.0 Å². The Labute approximate surface area is 176 Å². The molecule has 0 aliphatic rings. The number of anilines is 1. The largest absolute Gasteiger partial charge is 0.484 e. The first-order valence-electron chi connectivity index (χ1n) is 9.67. The Bertz CT molecular complexity index is 994. The highest BCUT2D eigenvalue weighted by molar-refractivity contribution is 5.93. The lowest BCUT2D eigenvalue weighted by atomic mass is 9.78. The van der Waals surface area contributed by atoms with Gasteiger partial charge < -0.3 is 14.8 Å². The molecule has 30 heavy (non-hydrogen) atoms. The molecule has 0 fully saturated rings. The average molecular weight is 403 g/mol. The Morgan fingerprint density at radius 2 is 1.43 bits per heavy atom. The summed E-state index contributed by atoms with van der Waals surface area (Å²) in [5.41, 5.74) is 3.27. The molecule has 1 amide bonds. The minimum absolute atomic E-state index is 0.111. The fraction of sp³-hybridized carbons (Fsp3) is 0.200. The molecule has 0 atom stereocenters. The van der Waals surface area contributed by atoms with E-state index in [2.05, 4.69) is 36.0 Å². The van der Waals surface area contributed by atoms with Crippen LogP contribution >= 0.6 is 0 Å². The molecule has 3 aromatic rings. The van der Waals surface area contributed by atoms with Gasteiger partial charge in [-0.25, -0.2) is 4.79 Å². The third kappa shape index (κ3) is 5.06. The summed E-state index contributed by atoms with van der Waals surface area (Å²) < 4.78 is 10.3. The van der Waals surface area contributed by atoms with E-state index in [0.29, 0.717) is 17.0 Å². The van der Waals surface area contributed by atoms with Crippen LogP contribution in [-0.2, 0) is 14.9 Å². The Kier molecular flexibility index (Phi) is 6.52. The number of carbonyl (C=O) groups is 2. The van der Waals surface area contributed by atoms with Gasteiger partial charge >= 0.3 is 5.97 Å². The quantitative estimate of drug-likeness (QED) is 0.575. The average Bonchev–Trinajstić information content (AvgIpc) is 2.78. The lowest BCUT2D eigenvalue weighted by Gasteiger charge is -2.26. The summed E-state index contributed by atoms with van der Waals surface area (Å²) in [6, 6.07) is 24.6. The molecule has 0 radical (unpaired) electrons. The molecule has 1 N–H and O–H groups in total. The van der Waals surface area contributed by atoms with Gasteiger partial charge in [-0.3, -0.25) is 4.79 Å². The van der Waals surface area contributed by atoms with Crippen LogP contribution in [0.15, 0.2) is 78.9 Å². The second-order valence-corrected chi connectivity index (χ2v) is 7.42. The SMILES string of the molecule is COC(=O)c1ccc(NC(=O)COc2ccc(C(C)(C)c3ccccc3)cc2)cc1. The molecule has 0 unspecified atom stereocenters. The van der Waals surface area contributed by atoms with E-state index >= 15 is 0 Å². The molecular formula is C25H25NO4. The Morgan fingerprint density at radius 1 is 0.833 bits per heavy atom. The summed E-state index contributed by atoms with van der Waals surface area (Å²) in [6.45, 7) is 4.24. The van der Waals surface area contributed by atoms with Crippen LogP contribution in [0.25, 0.3) is 0 Å². The van der Waals surface area contributed by atoms with Gasteiger partial charge in [-0.15, -0.1) is 0 Å². The fourth-order valence-corrected chi connectivity index (χ4v) is 3.14. The van der Waals surface area contributed by atoms with E-state index in [1.807, 2.05) is 42.5 Å². The van der Waals surface area contributed by atoms with Crippen LogP contribution in [0.1, 0.15) is 35.3 Å². The maximum atomic E-state index is 12.1. The summed E-state index contributed by atoms with van der Waals surface area (Å²) in [4.78, 5) is 23.6. The van der Waals surface area contributed by atoms with E-state index in [-0.39, 0.29) is 17.9 Å². The molecule has 0 aliphatic heterocycles. The summed E-state index contributed by atoms with van der Waals surface area (Å²) in [5, 5.41) is 2.74. The zero-order valence-corrected chi connectivity index (χ0v) is 17.3. The lowest BCUT2D eigenvalue weighted by molar-refractivity contribution is -0.118. The van der Waals surface area contributed by atoms with Gasteiger partial charge in [-0.05, 0) is 47.5 Å². The van der Waals surface area contributed by atoms with Crippen LogP contribution in [0.4, 0.5) is 5.69 Å². The van der Waals surface area contributed by atoms with Gasteiger partial charge in [0.1, 0.15) is 5.75 Å². The normalized spacial score (nSPS) is 10.9. The molecule has 0 saturated carbocycles. The summed E-state index contributed by atoms with van der Waals surface area (Å²) >= 11 is 0. The predicted octanol–water partition coefficient (Wildman–Crippen LogP) is 4.82. The van der Waals surface area contributed by atoms with Crippen molar-refractivity contribution in [2.24, 2.45) is 0 Å². The molecule has 5 heteroatoms. The minimum atomic E-state index is -0.421. The molecule has 3 aromatic carbocycles. The number of ether oxygens (including phenoxy) is 2. The number of amides is 1. The Balaban J connectivity index is 1.56. The van der Waals surface area contributed by atoms with Crippen LogP contribution in [0.3, 0.4) is 0 Å². The van der Waals surface area contributed by atoms with Crippen molar-refractivity contribution >= 4 is 17.6 Å². The summed E-state index contributed by atoms with van der Waals surface area (Å²) in [5.74, 6) is -0.0802. The van der Waals surface area contributed by atoms with Gasteiger partial charge in [-0.1, -0.05) is 56.3 Å². The number of carbonyl (C=O) groups excluding carboxylic acids is 2. The van der Waals surface area contributed by atoms with Crippen molar-refractivity contribution in [3.05, 3.63) is 95.6 Å². The summed E-state index contributed by atoms with van der Waals surface area (Å²) in [7, 11) is 1.32. The molecule has 154 valence electrons. The topological polar surface area (TPSA) is 64.6 Å². The van der Waals surface area contributed by atoms with Crippen molar-refractivity contribution in [1.82, 2.24) is 0 Å². The third-order valence-corrected chi connectivity index (χ3v) is 5.03. The van der Waals surface area contributed by atoms with E-state index in [1.54, 1.807) is 24.3 Å². The first kappa shape index (κ1) is 21.1. The van der Waals surface area contributed by atoms with Crippen LogP contribution in [-0.4, -0.2) is 25.6 Å². The van der Waals surface area contributed by atoms with Gasteiger partial charge in [-0.2, -0.15) is 0 Å². The minimum Gasteiger partial charge on any atom is -0.484 e. The number of rotatable bonds is 7. The number of esters is 1. The molecular weight excluding hydrogens is 378 g/mol. The molecule has 3 rings (SSSR count). The van der Waals surface area contributed by atoms with Gasteiger partial charge in [0.25, 0.3) is 5.91 Å². The van der Waals surface area contributed by atoms with Gasteiger partial charge in [0.05, 0.1) is 12.7 Å². The highest BCUT2D eigenvalue weighted by atomic mass is 16.5. The second kappa shape index (κ2) is 9.27. The van der Waals surface area contributed by atoms with Crippen molar-refractivity contribution in [3.63, 3.8) is 0 Å². The monoisotopic (exact) mass is 403 g/mol. The zero-order chi connectivity index (χ0) is 21.6. The smallest absolute Gasteiger partial charge is 0.337 e. The molecule has 0 aliphatic carbocycles. The van der Waals surface area contributed by atoms with E-state index in [9.17, 15) is 9.59 Å². The third-order valence-electron chi connectivity index (χ3n) is 5.03. The van der Waals surface area contributed by atoms with E-state index in [0.717, 1.165) is 5.56 Å². The molecule has 0 saturated heterocycles. The number of nitrogens with one attached hydrogen (secondary N) is 1. The van der Waals surface area contributed by atoms with E-state index in [4.69, 9.17) is 4.74 Å². The lowest BCUT2D eigenvalue weighted by Crippen LogP contribution is -2.20. The molecule has 5 nitrogen and oxygen atoms in total. The zero-order valence-electron chi connectivity index (χ0n) is 17.3. The van der Waals surface area contributed by atoms with Crippen LogP contribution in [0.5, 0.6) is 5.75 Å². The van der Waals surface area contributed by atoms with E-state index < -0.39 is 5.97 Å². The number of hydrogen-bond donors (Lipinski definition) is 1. The van der Waals surface area contributed by atoms with Gasteiger partial charge in [0.2, 0.25) is 0 Å². The van der Waals surface area contributed by atoms with Crippen LogP contribution in [0, 0.1) is 0 Å². The van der Waals surface area contributed by atoms with Crippen molar-refractivity contribution in [2.45, 2.75) is 19.3 Å². The van der Waals surface area contributed by atoms with E-state index in [1.165, 1.54) is 12.7 Å². The number of methoxy groups -OCH3 is 1. The fourth-order valence-electron chi connectivity index (χ4n) is 3.14. The van der Waals surface area contributed by atoms with Crippen molar-refractivity contribution in [3.8, 4) is 5.75 Å². The van der Waals surface area contributed by atoms with Gasteiger partial charge in [0.15, 0.2) is 6.61 Å².